The van der Waals surface area contributed by atoms with E-state index in [4.69, 9.17) is 5.73 Å². The van der Waals surface area contributed by atoms with Crippen LogP contribution in [0.1, 0.15) is 12.8 Å². The Bertz CT molecular complexity index is 520. The molecule has 1 aromatic heterocycles. The minimum Gasteiger partial charge on any atom is -0.361 e. The Labute approximate surface area is 106 Å². The topological polar surface area (TPSA) is 82.9 Å². The van der Waals surface area contributed by atoms with Crippen molar-refractivity contribution in [2.45, 2.75) is 12.8 Å². The summed E-state index contributed by atoms with van der Waals surface area (Å²) in [5.74, 6) is 0. The molecule has 0 fully saturated rings. The standard InChI is InChI=1S/C13H18N4O/c14-6-1-2-7-16-13(18)17-11-3-4-12-10(9-11)5-8-15-12/h3-5,8-9,15H,1-2,6-7,14H2,(H2,16,17,18). The van der Waals surface area contributed by atoms with Crippen molar-refractivity contribution in [3.05, 3.63) is 30.5 Å². The number of nitrogens with two attached hydrogens (primary N) is 1. The van der Waals surface area contributed by atoms with Crippen LogP contribution in [0.3, 0.4) is 0 Å². The van der Waals surface area contributed by atoms with E-state index in [1.807, 2.05) is 30.5 Å². The van der Waals surface area contributed by atoms with E-state index >= 15 is 0 Å². The van der Waals surface area contributed by atoms with Crippen LogP contribution in [0.4, 0.5) is 10.5 Å². The molecule has 18 heavy (non-hydrogen) atoms. The molecule has 2 amide bonds. The van der Waals surface area contributed by atoms with Gasteiger partial charge < -0.3 is 21.4 Å². The number of rotatable bonds is 5. The number of nitrogens with one attached hydrogen (secondary N) is 3. The van der Waals surface area contributed by atoms with Crippen LogP contribution in [0.25, 0.3) is 10.9 Å². The van der Waals surface area contributed by atoms with Crippen molar-refractivity contribution in [1.29, 1.82) is 0 Å². The largest absolute Gasteiger partial charge is 0.361 e. The molecule has 0 aliphatic heterocycles. The molecule has 5 nitrogen and oxygen atoms in total. The second kappa shape index (κ2) is 6.07. The van der Waals surface area contributed by atoms with Gasteiger partial charge in [0.2, 0.25) is 0 Å². The lowest BCUT2D eigenvalue weighted by atomic mass is 10.2. The van der Waals surface area contributed by atoms with Gasteiger partial charge in [-0.1, -0.05) is 0 Å². The van der Waals surface area contributed by atoms with Crippen molar-refractivity contribution in [1.82, 2.24) is 10.3 Å². The molecule has 5 N–H and O–H groups in total. The summed E-state index contributed by atoms with van der Waals surface area (Å²) in [6, 6.07) is 7.55. The number of aromatic amines is 1. The van der Waals surface area contributed by atoms with Crippen LogP contribution < -0.4 is 16.4 Å². The predicted molar refractivity (Wildman–Crippen MR) is 73.6 cm³/mol. The molecule has 0 atom stereocenters. The van der Waals surface area contributed by atoms with Gasteiger partial charge >= 0.3 is 6.03 Å². The molecule has 1 heterocycles. The van der Waals surface area contributed by atoms with Crippen molar-refractivity contribution in [2.24, 2.45) is 5.73 Å². The molecular weight excluding hydrogens is 228 g/mol. The van der Waals surface area contributed by atoms with Crippen molar-refractivity contribution in [3.8, 4) is 0 Å². The van der Waals surface area contributed by atoms with Crippen molar-refractivity contribution < 1.29 is 4.79 Å². The maximum Gasteiger partial charge on any atom is 0.319 e. The zero-order chi connectivity index (χ0) is 12.8. The fourth-order valence-electron chi connectivity index (χ4n) is 1.78. The van der Waals surface area contributed by atoms with Gasteiger partial charge in [0.05, 0.1) is 0 Å². The normalized spacial score (nSPS) is 10.5. The molecule has 2 aromatic rings. The first kappa shape index (κ1) is 12.4. The van der Waals surface area contributed by atoms with E-state index in [0.29, 0.717) is 13.1 Å². The summed E-state index contributed by atoms with van der Waals surface area (Å²) in [6.45, 7) is 1.31. The number of carbonyl (C=O) groups is 1. The van der Waals surface area contributed by atoms with E-state index in [9.17, 15) is 4.79 Å². The van der Waals surface area contributed by atoms with Gasteiger partial charge in [-0.3, -0.25) is 0 Å². The monoisotopic (exact) mass is 246 g/mol. The lowest BCUT2D eigenvalue weighted by Gasteiger charge is -2.07. The fraction of sp³-hybridized carbons (Fsp3) is 0.308. The maximum absolute atomic E-state index is 11.6. The summed E-state index contributed by atoms with van der Waals surface area (Å²) in [7, 11) is 0. The molecule has 0 saturated carbocycles. The number of urea groups is 1. The molecule has 0 unspecified atom stereocenters. The Morgan fingerprint density at radius 1 is 1.28 bits per heavy atom. The lowest BCUT2D eigenvalue weighted by Crippen LogP contribution is -2.29. The zero-order valence-corrected chi connectivity index (χ0v) is 10.2. The third kappa shape index (κ3) is 3.24. The zero-order valence-electron chi connectivity index (χ0n) is 10.2. The number of hydrogen-bond donors (Lipinski definition) is 4. The number of benzene rings is 1. The van der Waals surface area contributed by atoms with Crippen LogP contribution in [0.2, 0.25) is 0 Å². The first-order valence-electron chi connectivity index (χ1n) is 6.11. The SMILES string of the molecule is NCCCCNC(=O)Nc1ccc2[nH]ccc2c1. The van der Waals surface area contributed by atoms with Crippen molar-refractivity contribution in [3.63, 3.8) is 0 Å². The van der Waals surface area contributed by atoms with Crippen LogP contribution >= 0.6 is 0 Å². The van der Waals surface area contributed by atoms with E-state index in [1.54, 1.807) is 0 Å². The number of aromatic nitrogens is 1. The van der Waals surface area contributed by atoms with Gasteiger partial charge in [-0.2, -0.15) is 0 Å². The summed E-state index contributed by atoms with van der Waals surface area (Å²) in [4.78, 5) is 14.7. The fourth-order valence-corrected chi connectivity index (χ4v) is 1.78. The van der Waals surface area contributed by atoms with E-state index in [2.05, 4.69) is 15.6 Å². The second-order valence-electron chi connectivity index (χ2n) is 4.16. The quantitative estimate of drug-likeness (QED) is 0.609. The first-order chi connectivity index (χ1) is 8.79. The van der Waals surface area contributed by atoms with Crippen molar-refractivity contribution in [2.75, 3.05) is 18.4 Å². The maximum atomic E-state index is 11.6. The Kier molecular flexibility index (Phi) is 4.20. The second-order valence-corrected chi connectivity index (χ2v) is 4.16. The average Bonchev–Trinajstić information content (AvgIpc) is 2.82. The number of unbranched alkanes of at least 4 members (excludes halogenated alkanes) is 1. The first-order valence-corrected chi connectivity index (χ1v) is 6.11. The van der Waals surface area contributed by atoms with E-state index < -0.39 is 0 Å². The summed E-state index contributed by atoms with van der Waals surface area (Å²) >= 11 is 0. The highest BCUT2D eigenvalue weighted by Crippen LogP contribution is 2.17. The van der Waals surface area contributed by atoms with E-state index in [-0.39, 0.29) is 6.03 Å². The van der Waals surface area contributed by atoms with Crippen LogP contribution in [-0.4, -0.2) is 24.1 Å². The smallest absolute Gasteiger partial charge is 0.319 e. The molecule has 1 aromatic carbocycles. The van der Waals surface area contributed by atoms with Gasteiger partial charge in [-0.25, -0.2) is 4.79 Å². The molecule has 5 heteroatoms. The van der Waals surface area contributed by atoms with E-state index in [1.165, 1.54) is 0 Å². The molecular formula is C13H18N4O. The molecule has 0 aliphatic rings. The highest BCUT2D eigenvalue weighted by atomic mass is 16.2. The molecule has 0 saturated heterocycles. The number of anilines is 1. The Balaban J connectivity index is 1.86. The average molecular weight is 246 g/mol. The number of H-pyrrole nitrogens is 1. The van der Waals surface area contributed by atoms with Crippen LogP contribution in [0.15, 0.2) is 30.5 Å². The third-order valence-electron chi connectivity index (χ3n) is 2.73. The van der Waals surface area contributed by atoms with Gasteiger partial charge in [-0.15, -0.1) is 0 Å². The number of hydrogen-bond acceptors (Lipinski definition) is 2. The lowest BCUT2D eigenvalue weighted by molar-refractivity contribution is 0.252. The predicted octanol–water partition coefficient (Wildman–Crippen LogP) is 2.03. The van der Waals surface area contributed by atoms with E-state index in [0.717, 1.165) is 29.4 Å². The Morgan fingerprint density at radius 2 is 2.17 bits per heavy atom. The number of fused-ring (bicyclic) bond motifs is 1. The summed E-state index contributed by atoms with van der Waals surface area (Å²) in [5.41, 5.74) is 7.23. The Morgan fingerprint density at radius 3 is 3.00 bits per heavy atom. The molecule has 96 valence electrons. The molecule has 0 bridgehead atoms. The number of carbonyl (C=O) groups excluding carboxylic acids is 1. The van der Waals surface area contributed by atoms with Gasteiger partial charge in [0.15, 0.2) is 0 Å². The molecule has 2 rings (SSSR count). The van der Waals surface area contributed by atoms with Crippen LogP contribution in [-0.2, 0) is 0 Å². The molecule has 0 radical (unpaired) electrons. The minimum atomic E-state index is -0.179. The Hall–Kier alpha value is -2.01. The molecule has 0 spiro atoms. The van der Waals surface area contributed by atoms with Gasteiger partial charge in [0.1, 0.15) is 0 Å². The highest BCUT2D eigenvalue weighted by molar-refractivity contribution is 5.92. The van der Waals surface area contributed by atoms with Gasteiger partial charge in [0, 0.05) is 29.3 Å². The summed E-state index contributed by atoms with van der Waals surface area (Å²) in [5, 5.41) is 6.68. The van der Waals surface area contributed by atoms with Crippen molar-refractivity contribution >= 4 is 22.6 Å². The highest BCUT2D eigenvalue weighted by Gasteiger charge is 2.02. The minimum absolute atomic E-state index is 0.179. The van der Waals surface area contributed by atoms with Crippen LogP contribution in [0, 0.1) is 0 Å². The number of amides is 2. The van der Waals surface area contributed by atoms with Gasteiger partial charge in [-0.05, 0) is 43.7 Å². The molecule has 0 aliphatic carbocycles. The summed E-state index contributed by atoms with van der Waals surface area (Å²) in [6.07, 6.45) is 3.71. The third-order valence-corrected chi connectivity index (χ3v) is 2.73. The van der Waals surface area contributed by atoms with Crippen LogP contribution in [0.5, 0.6) is 0 Å². The van der Waals surface area contributed by atoms with Gasteiger partial charge in [0.25, 0.3) is 0 Å². The summed E-state index contributed by atoms with van der Waals surface area (Å²) < 4.78 is 0.